The lowest BCUT2D eigenvalue weighted by molar-refractivity contribution is 0.0371. The first kappa shape index (κ1) is 20.7. The van der Waals surface area contributed by atoms with Crippen LogP contribution < -0.4 is 5.32 Å². The number of hydrogen-bond donors (Lipinski definition) is 1. The van der Waals surface area contributed by atoms with Gasteiger partial charge in [-0.05, 0) is 50.6 Å². The lowest BCUT2D eigenvalue weighted by Crippen LogP contribution is -2.56. The van der Waals surface area contributed by atoms with Crippen LogP contribution in [0.1, 0.15) is 45.1 Å². The third-order valence-corrected chi connectivity index (χ3v) is 6.96. The number of fused-ring (bicyclic) bond motifs is 1. The van der Waals surface area contributed by atoms with E-state index in [9.17, 15) is 0 Å². The molecule has 0 spiro atoms. The van der Waals surface area contributed by atoms with Crippen molar-refractivity contribution in [1.29, 1.82) is 0 Å². The van der Waals surface area contributed by atoms with Gasteiger partial charge in [0.25, 0.3) is 0 Å². The van der Waals surface area contributed by atoms with Gasteiger partial charge in [0.05, 0.1) is 13.2 Å². The summed E-state index contributed by atoms with van der Waals surface area (Å²) in [5.41, 5.74) is 1.65. The maximum absolute atomic E-state index is 5.62. The van der Waals surface area contributed by atoms with E-state index < -0.39 is 0 Å². The SMILES string of the molecule is CCNC(=NCC1(C)CCOC1)N1CCC2C(CCCN2Cc2ccccc2)C1. The number of rotatable bonds is 5. The van der Waals surface area contributed by atoms with Crippen LogP contribution in [0.5, 0.6) is 0 Å². The van der Waals surface area contributed by atoms with Crippen molar-refractivity contribution < 1.29 is 4.74 Å². The number of ether oxygens (including phenoxy) is 1. The molecule has 5 heteroatoms. The van der Waals surface area contributed by atoms with E-state index in [0.717, 1.165) is 64.2 Å². The Labute approximate surface area is 176 Å². The second-order valence-corrected chi connectivity index (χ2v) is 9.44. The van der Waals surface area contributed by atoms with Crippen LogP contribution in [0.3, 0.4) is 0 Å². The lowest BCUT2D eigenvalue weighted by atomic mass is 9.83. The van der Waals surface area contributed by atoms with E-state index in [4.69, 9.17) is 9.73 Å². The van der Waals surface area contributed by atoms with Crippen molar-refractivity contribution in [2.75, 3.05) is 45.9 Å². The minimum atomic E-state index is 0.205. The molecule has 0 radical (unpaired) electrons. The molecule has 1 aromatic rings. The van der Waals surface area contributed by atoms with Crippen LogP contribution in [0.2, 0.25) is 0 Å². The maximum atomic E-state index is 5.62. The van der Waals surface area contributed by atoms with Crippen LogP contribution in [-0.2, 0) is 11.3 Å². The number of nitrogens with one attached hydrogen (secondary N) is 1. The van der Waals surface area contributed by atoms with E-state index >= 15 is 0 Å². The average molecular weight is 399 g/mol. The molecule has 3 aliphatic heterocycles. The Hall–Kier alpha value is -1.59. The van der Waals surface area contributed by atoms with Gasteiger partial charge in [-0.1, -0.05) is 37.3 Å². The molecule has 5 nitrogen and oxygen atoms in total. The number of hydrogen-bond acceptors (Lipinski definition) is 3. The average Bonchev–Trinajstić information content (AvgIpc) is 3.18. The third-order valence-electron chi connectivity index (χ3n) is 6.96. The molecule has 0 amide bonds. The Kier molecular flexibility index (Phi) is 6.76. The van der Waals surface area contributed by atoms with Crippen LogP contribution in [0.25, 0.3) is 0 Å². The summed E-state index contributed by atoms with van der Waals surface area (Å²) in [6, 6.07) is 11.7. The monoisotopic (exact) mass is 398 g/mol. The molecule has 3 fully saturated rings. The summed E-state index contributed by atoms with van der Waals surface area (Å²) in [7, 11) is 0. The summed E-state index contributed by atoms with van der Waals surface area (Å²) in [6.45, 7) is 12.6. The summed E-state index contributed by atoms with van der Waals surface area (Å²) in [5.74, 6) is 1.86. The molecule has 3 unspecified atom stereocenters. The number of guanidine groups is 1. The number of likely N-dealkylation sites (tertiary alicyclic amines) is 2. The summed E-state index contributed by atoms with van der Waals surface area (Å²) in [4.78, 5) is 10.3. The molecular weight excluding hydrogens is 360 g/mol. The molecule has 29 heavy (non-hydrogen) atoms. The highest BCUT2D eigenvalue weighted by molar-refractivity contribution is 5.80. The second kappa shape index (κ2) is 9.48. The van der Waals surface area contributed by atoms with E-state index in [0.29, 0.717) is 6.04 Å². The number of nitrogens with zero attached hydrogens (tertiary/aromatic N) is 3. The highest BCUT2D eigenvalue weighted by Gasteiger charge is 2.37. The summed E-state index contributed by atoms with van der Waals surface area (Å²) in [6.07, 6.45) is 5.01. The Morgan fingerprint density at radius 2 is 2.10 bits per heavy atom. The smallest absolute Gasteiger partial charge is 0.193 e. The molecule has 1 aromatic carbocycles. The van der Waals surface area contributed by atoms with Crippen molar-refractivity contribution in [3.05, 3.63) is 35.9 Å². The van der Waals surface area contributed by atoms with Crippen molar-refractivity contribution in [1.82, 2.24) is 15.1 Å². The number of benzene rings is 1. The molecule has 0 aliphatic carbocycles. The minimum Gasteiger partial charge on any atom is -0.381 e. The van der Waals surface area contributed by atoms with Crippen molar-refractivity contribution in [3.63, 3.8) is 0 Å². The normalized spacial score (nSPS) is 31.0. The second-order valence-electron chi connectivity index (χ2n) is 9.44. The Bertz CT molecular complexity index is 671. The van der Waals surface area contributed by atoms with Crippen LogP contribution >= 0.6 is 0 Å². The highest BCUT2D eigenvalue weighted by atomic mass is 16.5. The van der Waals surface area contributed by atoms with Crippen LogP contribution in [0.15, 0.2) is 35.3 Å². The zero-order chi connectivity index (χ0) is 20.1. The number of aliphatic imine (C=N–C) groups is 1. The molecule has 1 N–H and O–H groups in total. The van der Waals surface area contributed by atoms with Gasteiger partial charge in [0, 0.05) is 44.2 Å². The zero-order valence-electron chi connectivity index (χ0n) is 18.3. The van der Waals surface area contributed by atoms with E-state index in [1.165, 1.54) is 31.4 Å². The molecule has 4 rings (SSSR count). The third kappa shape index (κ3) is 5.13. The summed E-state index contributed by atoms with van der Waals surface area (Å²) < 4.78 is 5.62. The molecular formula is C24H38N4O. The van der Waals surface area contributed by atoms with Crippen LogP contribution in [0.4, 0.5) is 0 Å². The standard InChI is InChI=1S/C24H38N4O/c1-3-25-23(26-18-24(2)12-15-29-19-24)28-14-11-22-21(17-28)10-7-13-27(22)16-20-8-5-4-6-9-20/h4-6,8-9,21-22H,3,7,10-19H2,1-2H3,(H,25,26). The van der Waals surface area contributed by atoms with Crippen molar-refractivity contribution >= 4 is 5.96 Å². The van der Waals surface area contributed by atoms with Gasteiger partial charge in [0.2, 0.25) is 0 Å². The fourth-order valence-electron chi connectivity index (χ4n) is 5.24. The first-order valence-electron chi connectivity index (χ1n) is 11.6. The van der Waals surface area contributed by atoms with Crippen LogP contribution in [-0.4, -0.2) is 67.7 Å². The molecule has 3 aliphatic rings. The largest absolute Gasteiger partial charge is 0.381 e. The molecule has 0 aromatic heterocycles. The van der Waals surface area contributed by atoms with E-state index in [-0.39, 0.29) is 5.41 Å². The fourth-order valence-corrected chi connectivity index (χ4v) is 5.24. The van der Waals surface area contributed by atoms with Crippen LogP contribution in [0, 0.1) is 11.3 Å². The molecule has 0 saturated carbocycles. The summed E-state index contributed by atoms with van der Waals surface area (Å²) >= 11 is 0. The van der Waals surface area contributed by atoms with Crippen molar-refractivity contribution in [2.24, 2.45) is 16.3 Å². The molecule has 3 atom stereocenters. The predicted molar refractivity (Wildman–Crippen MR) is 119 cm³/mol. The van der Waals surface area contributed by atoms with Crippen molar-refractivity contribution in [2.45, 2.75) is 52.1 Å². The van der Waals surface area contributed by atoms with Gasteiger partial charge in [0.15, 0.2) is 5.96 Å². The van der Waals surface area contributed by atoms with E-state index in [1.54, 1.807) is 0 Å². The first-order valence-corrected chi connectivity index (χ1v) is 11.6. The highest BCUT2D eigenvalue weighted by Crippen LogP contribution is 2.32. The lowest BCUT2D eigenvalue weighted by Gasteiger charge is -2.48. The van der Waals surface area contributed by atoms with Gasteiger partial charge in [-0.15, -0.1) is 0 Å². The molecule has 3 saturated heterocycles. The van der Waals surface area contributed by atoms with Gasteiger partial charge in [0.1, 0.15) is 0 Å². The topological polar surface area (TPSA) is 40.1 Å². The van der Waals surface area contributed by atoms with E-state index in [1.807, 2.05) is 0 Å². The first-order chi connectivity index (χ1) is 14.2. The van der Waals surface area contributed by atoms with Crippen molar-refractivity contribution in [3.8, 4) is 0 Å². The Morgan fingerprint density at radius 1 is 1.24 bits per heavy atom. The van der Waals surface area contributed by atoms with Gasteiger partial charge < -0.3 is 15.0 Å². The summed E-state index contributed by atoms with van der Waals surface area (Å²) in [5, 5.41) is 3.56. The fraction of sp³-hybridized carbons (Fsp3) is 0.708. The predicted octanol–water partition coefficient (Wildman–Crippen LogP) is 3.37. The van der Waals surface area contributed by atoms with Gasteiger partial charge in [-0.3, -0.25) is 9.89 Å². The molecule has 160 valence electrons. The molecule has 3 heterocycles. The van der Waals surface area contributed by atoms with E-state index in [2.05, 4.69) is 59.3 Å². The zero-order valence-corrected chi connectivity index (χ0v) is 18.3. The molecule has 0 bridgehead atoms. The Balaban J connectivity index is 1.39. The Morgan fingerprint density at radius 3 is 2.86 bits per heavy atom. The maximum Gasteiger partial charge on any atom is 0.193 e. The van der Waals surface area contributed by atoms with Gasteiger partial charge in [-0.2, -0.15) is 0 Å². The van der Waals surface area contributed by atoms with Gasteiger partial charge >= 0.3 is 0 Å². The van der Waals surface area contributed by atoms with Gasteiger partial charge in [-0.25, -0.2) is 0 Å². The quantitative estimate of drug-likeness (QED) is 0.610. The minimum absolute atomic E-state index is 0.205. The number of piperidine rings is 2.